The standard InChI is InChI=1S/C16H16FNOS/c1-12-9-11-20-15(12)6-7-16(19)18-10-8-13-4-2-3-5-14(13)17/h2-7,9,11H,8,10H2,1H3,(H,18,19)/b7-6+. The number of amides is 1. The molecule has 0 bridgehead atoms. The number of benzene rings is 1. The second-order valence-corrected chi connectivity index (χ2v) is 5.38. The summed E-state index contributed by atoms with van der Waals surface area (Å²) >= 11 is 1.60. The van der Waals surface area contributed by atoms with E-state index in [1.165, 1.54) is 12.1 Å². The molecule has 104 valence electrons. The lowest BCUT2D eigenvalue weighted by Crippen LogP contribution is -2.23. The van der Waals surface area contributed by atoms with Crippen LogP contribution in [0.4, 0.5) is 4.39 Å². The molecule has 0 atom stereocenters. The third kappa shape index (κ3) is 4.03. The first-order valence-corrected chi connectivity index (χ1v) is 7.28. The van der Waals surface area contributed by atoms with Crippen molar-refractivity contribution in [3.05, 3.63) is 63.6 Å². The van der Waals surface area contributed by atoms with Crippen molar-refractivity contribution in [3.63, 3.8) is 0 Å². The maximum atomic E-state index is 13.4. The van der Waals surface area contributed by atoms with E-state index < -0.39 is 0 Å². The summed E-state index contributed by atoms with van der Waals surface area (Å²) < 4.78 is 13.4. The summed E-state index contributed by atoms with van der Waals surface area (Å²) in [6.07, 6.45) is 3.81. The third-order valence-electron chi connectivity index (χ3n) is 2.94. The molecule has 0 saturated carbocycles. The highest BCUT2D eigenvalue weighted by Gasteiger charge is 2.01. The van der Waals surface area contributed by atoms with Gasteiger partial charge in [0, 0.05) is 17.5 Å². The number of carbonyl (C=O) groups is 1. The normalized spacial score (nSPS) is 10.9. The molecule has 0 unspecified atom stereocenters. The number of thiophene rings is 1. The number of hydrogen-bond donors (Lipinski definition) is 1. The quantitative estimate of drug-likeness (QED) is 0.838. The molecule has 1 aromatic heterocycles. The SMILES string of the molecule is Cc1ccsc1/C=C/C(=O)NCCc1ccccc1F. The number of carbonyl (C=O) groups excluding carboxylic acids is 1. The molecule has 0 saturated heterocycles. The van der Waals surface area contributed by atoms with Crippen LogP contribution in [0.15, 0.2) is 41.8 Å². The minimum atomic E-state index is -0.230. The zero-order valence-corrected chi connectivity index (χ0v) is 12.0. The van der Waals surface area contributed by atoms with Gasteiger partial charge in [-0.25, -0.2) is 4.39 Å². The lowest BCUT2D eigenvalue weighted by atomic mass is 10.1. The molecule has 2 rings (SSSR count). The van der Waals surface area contributed by atoms with Gasteiger partial charge in [0.05, 0.1) is 0 Å². The Kier molecular flexibility index (Phi) is 5.07. The molecular formula is C16H16FNOS. The van der Waals surface area contributed by atoms with Crippen molar-refractivity contribution in [3.8, 4) is 0 Å². The first kappa shape index (κ1) is 14.5. The number of hydrogen-bond acceptors (Lipinski definition) is 2. The van der Waals surface area contributed by atoms with E-state index in [2.05, 4.69) is 5.32 Å². The monoisotopic (exact) mass is 289 g/mol. The summed E-state index contributed by atoms with van der Waals surface area (Å²) in [6, 6.07) is 8.62. The number of nitrogens with one attached hydrogen (secondary N) is 1. The van der Waals surface area contributed by atoms with E-state index in [1.54, 1.807) is 35.6 Å². The molecule has 1 amide bonds. The predicted molar refractivity (Wildman–Crippen MR) is 81.2 cm³/mol. The number of aryl methyl sites for hydroxylation is 1. The highest BCUT2D eigenvalue weighted by atomic mass is 32.1. The Hall–Kier alpha value is -1.94. The Morgan fingerprint density at radius 2 is 2.15 bits per heavy atom. The van der Waals surface area contributed by atoms with Gasteiger partial charge in [0.1, 0.15) is 5.82 Å². The zero-order valence-electron chi connectivity index (χ0n) is 11.2. The molecule has 2 aromatic rings. The molecule has 1 aromatic carbocycles. The Labute approximate surface area is 122 Å². The zero-order chi connectivity index (χ0) is 14.4. The summed E-state index contributed by atoms with van der Waals surface area (Å²) in [4.78, 5) is 12.7. The van der Waals surface area contributed by atoms with Crippen molar-refractivity contribution >= 4 is 23.3 Å². The van der Waals surface area contributed by atoms with E-state index in [9.17, 15) is 9.18 Å². The molecule has 1 heterocycles. The maximum Gasteiger partial charge on any atom is 0.244 e. The van der Waals surface area contributed by atoms with Gasteiger partial charge in [-0.2, -0.15) is 0 Å². The maximum absolute atomic E-state index is 13.4. The van der Waals surface area contributed by atoms with E-state index in [0.29, 0.717) is 18.5 Å². The van der Waals surface area contributed by atoms with Crippen molar-refractivity contribution in [1.29, 1.82) is 0 Å². The molecule has 0 aliphatic heterocycles. The Bertz CT molecular complexity index is 618. The van der Waals surface area contributed by atoms with Crippen LogP contribution >= 0.6 is 11.3 Å². The smallest absolute Gasteiger partial charge is 0.244 e. The molecule has 0 aliphatic rings. The van der Waals surface area contributed by atoms with Gasteiger partial charge in [0.2, 0.25) is 5.91 Å². The molecular weight excluding hydrogens is 273 g/mol. The van der Waals surface area contributed by atoms with Crippen LogP contribution in [0.5, 0.6) is 0 Å². The Morgan fingerprint density at radius 3 is 2.85 bits per heavy atom. The molecule has 0 spiro atoms. The number of halogens is 1. The fourth-order valence-corrected chi connectivity index (χ4v) is 2.61. The first-order chi connectivity index (χ1) is 9.66. The lowest BCUT2D eigenvalue weighted by molar-refractivity contribution is -0.116. The van der Waals surface area contributed by atoms with Crippen LogP contribution in [0.1, 0.15) is 16.0 Å². The van der Waals surface area contributed by atoms with Crippen LogP contribution in [-0.4, -0.2) is 12.5 Å². The van der Waals surface area contributed by atoms with E-state index in [0.717, 1.165) is 10.4 Å². The van der Waals surface area contributed by atoms with Crippen molar-refractivity contribution < 1.29 is 9.18 Å². The third-order valence-corrected chi connectivity index (χ3v) is 3.92. The summed E-state index contributed by atoms with van der Waals surface area (Å²) in [6.45, 7) is 2.43. The molecule has 2 nitrogen and oxygen atoms in total. The van der Waals surface area contributed by atoms with E-state index in [1.807, 2.05) is 18.4 Å². The van der Waals surface area contributed by atoms with Gasteiger partial charge in [-0.1, -0.05) is 18.2 Å². The van der Waals surface area contributed by atoms with E-state index >= 15 is 0 Å². The second kappa shape index (κ2) is 7.01. The van der Waals surface area contributed by atoms with Crippen LogP contribution in [0.25, 0.3) is 6.08 Å². The van der Waals surface area contributed by atoms with Crippen molar-refractivity contribution in [1.82, 2.24) is 5.32 Å². The number of rotatable bonds is 5. The largest absolute Gasteiger partial charge is 0.352 e. The molecule has 20 heavy (non-hydrogen) atoms. The van der Waals surface area contributed by atoms with Crippen molar-refractivity contribution in [2.24, 2.45) is 0 Å². The fourth-order valence-electron chi connectivity index (χ4n) is 1.79. The lowest BCUT2D eigenvalue weighted by Gasteiger charge is -2.03. The molecule has 1 N–H and O–H groups in total. The average molecular weight is 289 g/mol. The molecule has 0 radical (unpaired) electrons. The molecule has 4 heteroatoms. The second-order valence-electron chi connectivity index (χ2n) is 4.43. The van der Waals surface area contributed by atoms with Gasteiger partial charge in [-0.15, -0.1) is 11.3 Å². The van der Waals surface area contributed by atoms with Crippen LogP contribution in [0, 0.1) is 12.7 Å². The molecule has 0 aliphatic carbocycles. The van der Waals surface area contributed by atoms with E-state index in [4.69, 9.17) is 0 Å². The first-order valence-electron chi connectivity index (χ1n) is 6.40. The topological polar surface area (TPSA) is 29.1 Å². The summed E-state index contributed by atoms with van der Waals surface area (Å²) in [5.41, 5.74) is 1.77. The van der Waals surface area contributed by atoms with Crippen molar-refractivity contribution in [2.45, 2.75) is 13.3 Å². The summed E-state index contributed by atoms with van der Waals surface area (Å²) in [7, 11) is 0. The Balaban J connectivity index is 1.80. The van der Waals surface area contributed by atoms with E-state index in [-0.39, 0.29) is 11.7 Å². The minimum Gasteiger partial charge on any atom is -0.352 e. The Morgan fingerprint density at radius 1 is 1.35 bits per heavy atom. The highest BCUT2D eigenvalue weighted by Crippen LogP contribution is 2.16. The van der Waals surface area contributed by atoms with Gasteiger partial charge in [-0.3, -0.25) is 4.79 Å². The molecule has 0 fully saturated rings. The fraction of sp³-hybridized carbons (Fsp3) is 0.188. The summed E-state index contributed by atoms with van der Waals surface area (Å²) in [5, 5.41) is 4.74. The minimum absolute atomic E-state index is 0.158. The van der Waals surface area contributed by atoms with Gasteiger partial charge >= 0.3 is 0 Å². The average Bonchev–Trinajstić information content (AvgIpc) is 2.84. The predicted octanol–water partition coefficient (Wildman–Crippen LogP) is 3.57. The highest BCUT2D eigenvalue weighted by molar-refractivity contribution is 7.11. The van der Waals surface area contributed by atoms with Crippen LogP contribution < -0.4 is 5.32 Å². The van der Waals surface area contributed by atoms with Crippen molar-refractivity contribution in [2.75, 3.05) is 6.54 Å². The van der Waals surface area contributed by atoms with Gasteiger partial charge < -0.3 is 5.32 Å². The van der Waals surface area contributed by atoms with Gasteiger partial charge in [0.25, 0.3) is 0 Å². The van der Waals surface area contributed by atoms with Crippen LogP contribution in [-0.2, 0) is 11.2 Å². The summed E-state index contributed by atoms with van der Waals surface area (Å²) in [5.74, 6) is -0.388. The van der Waals surface area contributed by atoms with Gasteiger partial charge in [0.15, 0.2) is 0 Å². The van der Waals surface area contributed by atoms with Gasteiger partial charge in [-0.05, 0) is 48.1 Å². The van der Waals surface area contributed by atoms with Crippen LogP contribution in [0.3, 0.4) is 0 Å². The van der Waals surface area contributed by atoms with Crippen LogP contribution in [0.2, 0.25) is 0 Å².